The molecule has 1 amide bonds. The van der Waals surface area contributed by atoms with Crippen LogP contribution in [0.25, 0.3) is 5.69 Å². The Balaban J connectivity index is 1.44. The van der Waals surface area contributed by atoms with Gasteiger partial charge < -0.3 is 10.6 Å². The van der Waals surface area contributed by atoms with Gasteiger partial charge in [0.2, 0.25) is 5.91 Å². The van der Waals surface area contributed by atoms with E-state index in [1.807, 2.05) is 43.3 Å². The predicted octanol–water partition coefficient (Wildman–Crippen LogP) is 2.16. The number of carbonyl (C=O) groups excluding carboxylic acids is 1. The molecule has 0 radical (unpaired) electrons. The standard InChI is InChI=1S/C20H21N5O/c1-14(15-7-4-8-18(9-15)25-13-21-12-23-25)24-20(26)19-10-16-5-2-3-6-17(16)11-22-19/h2-9,12-14,19,22H,10-11H2,1H3,(H,24,26)/t14-,19-/m1/s1. The summed E-state index contributed by atoms with van der Waals surface area (Å²) in [5.74, 6) is 0.0261. The molecule has 6 nitrogen and oxygen atoms in total. The Morgan fingerprint density at radius 3 is 2.88 bits per heavy atom. The summed E-state index contributed by atoms with van der Waals surface area (Å²) in [5, 5.41) is 10.6. The minimum atomic E-state index is -0.203. The number of carbonyl (C=O) groups is 1. The molecule has 1 aromatic heterocycles. The van der Waals surface area contributed by atoms with Crippen molar-refractivity contribution in [2.45, 2.75) is 32.0 Å². The molecule has 6 heteroatoms. The van der Waals surface area contributed by atoms with E-state index in [1.165, 1.54) is 17.5 Å². The number of fused-ring (bicyclic) bond motifs is 1. The summed E-state index contributed by atoms with van der Waals surface area (Å²) in [7, 11) is 0. The fourth-order valence-corrected chi connectivity index (χ4v) is 3.32. The zero-order valence-corrected chi connectivity index (χ0v) is 14.6. The molecule has 0 saturated heterocycles. The lowest BCUT2D eigenvalue weighted by atomic mass is 9.95. The third-order valence-corrected chi connectivity index (χ3v) is 4.81. The Hall–Kier alpha value is -2.99. The van der Waals surface area contributed by atoms with Gasteiger partial charge in [-0.15, -0.1) is 0 Å². The van der Waals surface area contributed by atoms with Crippen molar-refractivity contribution in [2.75, 3.05) is 0 Å². The van der Waals surface area contributed by atoms with Crippen LogP contribution in [-0.2, 0) is 17.8 Å². The Labute approximate surface area is 152 Å². The highest BCUT2D eigenvalue weighted by Gasteiger charge is 2.25. The van der Waals surface area contributed by atoms with Crippen LogP contribution in [0.3, 0.4) is 0 Å². The van der Waals surface area contributed by atoms with Gasteiger partial charge in [-0.25, -0.2) is 9.67 Å². The number of nitrogens with one attached hydrogen (secondary N) is 2. The summed E-state index contributed by atoms with van der Waals surface area (Å²) < 4.78 is 1.71. The van der Waals surface area contributed by atoms with Gasteiger partial charge in [-0.2, -0.15) is 5.10 Å². The molecule has 2 aromatic carbocycles. The van der Waals surface area contributed by atoms with Crippen molar-refractivity contribution < 1.29 is 4.79 Å². The summed E-state index contributed by atoms with van der Waals surface area (Å²) in [6.07, 6.45) is 3.88. The lowest BCUT2D eigenvalue weighted by molar-refractivity contribution is -0.124. The van der Waals surface area contributed by atoms with Crippen molar-refractivity contribution in [1.82, 2.24) is 25.4 Å². The van der Waals surface area contributed by atoms with Crippen molar-refractivity contribution in [3.63, 3.8) is 0 Å². The molecule has 0 fully saturated rings. The van der Waals surface area contributed by atoms with E-state index in [-0.39, 0.29) is 18.0 Å². The van der Waals surface area contributed by atoms with Gasteiger partial charge in [-0.05, 0) is 42.2 Å². The summed E-state index contributed by atoms with van der Waals surface area (Å²) in [6, 6.07) is 15.9. The van der Waals surface area contributed by atoms with Crippen LogP contribution >= 0.6 is 0 Å². The maximum absolute atomic E-state index is 12.7. The van der Waals surface area contributed by atoms with Crippen molar-refractivity contribution >= 4 is 5.91 Å². The highest BCUT2D eigenvalue weighted by molar-refractivity contribution is 5.82. The fourth-order valence-electron chi connectivity index (χ4n) is 3.32. The number of aromatic nitrogens is 3. The third-order valence-electron chi connectivity index (χ3n) is 4.81. The molecule has 2 atom stereocenters. The van der Waals surface area contributed by atoms with E-state index in [4.69, 9.17) is 0 Å². The number of benzene rings is 2. The second-order valence-corrected chi connectivity index (χ2v) is 6.57. The smallest absolute Gasteiger partial charge is 0.237 e. The second kappa shape index (κ2) is 7.09. The zero-order valence-electron chi connectivity index (χ0n) is 14.6. The zero-order chi connectivity index (χ0) is 17.9. The van der Waals surface area contributed by atoms with Gasteiger partial charge in [0.25, 0.3) is 0 Å². The molecule has 0 bridgehead atoms. The average Bonchev–Trinajstić information content (AvgIpc) is 3.22. The number of amides is 1. The molecule has 3 aromatic rings. The quantitative estimate of drug-likeness (QED) is 0.759. The van der Waals surface area contributed by atoms with E-state index in [9.17, 15) is 4.79 Å². The second-order valence-electron chi connectivity index (χ2n) is 6.57. The Morgan fingerprint density at radius 1 is 1.23 bits per heavy atom. The molecule has 2 heterocycles. The van der Waals surface area contributed by atoms with Crippen molar-refractivity contribution in [2.24, 2.45) is 0 Å². The van der Waals surface area contributed by atoms with Gasteiger partial charge in [-0.3, -0.25) is 4.79 Å². The van der Waals surface area contributed by atoms with Gasteiger partial charge in [0.05, 0.1) is 17.8 Å². The van der Waals surface area contributed by atoms with E-state index in [0.29, 0.717) is 6.42 Å². The predicted molar refractivity (Wildman–Crippen MR) is 98.7 cm³/mol. The maximum Gasteiger partial charge on any atom is 0.237 e. The molecule has 0 unspecified atom stereocenters. The molecule has 1 aliphatic heterocycles. The fraction of sp³-hybridized carbons (Fsp3) is 0.250. The monoisotopic (exact) mass is 347 g/mol. The van der Waals surface area contributed by atoms with Gasteiger partial charge in [0, 0.05) is 6.54 Å². The highest BCUT2D eigenvalue weighted by atomic mass is 16.2. The molecule has 2 N–H and O–H groups in total. The van der Waals surface area contributed by atoms with Crippen LogP contribution in [0.15, 0.2) is 61.2 Å². The number of hydrogen-bond acceptors (Lipinski definition) is 4. The van der Waals surface area contributed by atoms with Crippen LogP contribution in [0, 0.1) is 0 Å². The first kappa shape index (κ1) is 16.5. The van der Waals surface area contributed by atoms with E-state index >= 15 is 0 Å². The van der Waals surface area contributed by atoms with Crippen LogP contribution in [0.1, 0.15) is 29.7 Å². The molecule has 4 rings (SSSR count). The van der Waals surface area contributed by atoms with E-state index in [1.54, 1.807) is 11.0 Å². The van der Waals surface area contributed by atoms with Crippen LogP contribution < -0.4 is 10.6 Å². The third kappa shape index (κ3) is 3.36. The Kier molecular flexibility index (Phi) is 4.50. The van der Waals surface area contributed by atoms with Crippen molar-refractivity contribution in [3.8, 4) is 5.69 Å². The molecule has 0 aliphatic carbocycles. The van der Waals surface area contributed by atoms with Gasteiger partial charge >= 0.3 is 0 Å². The topological polar surface area (TPSA) is 71.8 Å². The minimum absolute atomic E-state index is 0.0261. The number of nitrogens with zero attached hydrogens (tertiary/aromatic N) is 3. The van der Waals surface area contributed by atoms with E-state index in [0.717, 1.165) is 17.8 Å². The Morgan fingerprint density at radius 2 is 2.08 bits per heavy atom. The summed E-state index contributed by atoms with van der Waals surface area (Å²) in [6.45, 7) is 2.72. The van der Waals surface area contributed by atoms with Crippen LogP contribution in [-0.4, -0.2) is 26.7 Å². The summed E-state index contributed by atoms with van der Waals surface area (Å²) in [4.78, 5) is 16.7. The summed E-state index contributed by atoms with van der Waals surface area (Å²) in [5.41, 5.74) is 4.46. The molecule has 132 valence electrons. The first-order chi connectivity index (χ1) is 12.7. The molecule has 0 spiro atoms. The van der Waals surface area contributed by atoms with Crippen molar-refractivity contribution in [3.05, 3.63) is 77.9 Å². The van der Waals surface area contributed by atoms with E-state index in [2.05, 4.69) is 32.8 Å². The average molecular weight is 347 g/mol. The lowest BCUT2D eigenvalue weighted by Crippen LogP contribution is -2.48. The van der Waals surface area contributed by atoms with Crippen LogP contribution in [0.5, 0.6) is 0 Å². The number of hydrogen-bond donors (Lipinski definition) is 2. The molecule has 1 aliphatic rings. The van der Waals surface area contributed by atoms with Crippen molar-refractivity contribution in [1.29, 1.82) is 0 Å². The highest BCUT2D eigenvalue weighted by Crippen LogP contribution is 2.19. The maximum atomic E-state index is 12.7. The largest absolute Gasteiger partial charge is 0.348 e. The lowest BCUT2D eigenvalue weighted by Gasteiger charge is -2.27. The van der Waals surface area contributed by atoms with Gasteiger partial charge in [-0.1, -0.05) is 36.4 Å². The van der Waals surface area contributed by atoms with Crippen LogP contribution in [0.4, 0.5) is 0 Å². The van der Waals surface area contributed by atoms with E-state index < -0.39 is 0 Å². The first-order valence-electron chi connectivity index (χ1n) is 8.76. The molecular formula is C20H21N5O. The molecule has 0 saturated carbocycles. The van der Waals surface area contributed by atoms with Gasteiger partial charge in [0.15, 0.2) is 0 Å². The first-order valence-corrected chi connectivity index (χ1v) is 8.76. The number of rotatable bonds is 4. The summed E-state index contributed by atoms with van der Waals surface area (Å²) >= 11 is 0. The Bertz CT molecular complexity index is 906. The van der Waals surface area contributed by atoms with Gasteiger partial charge in [0.1, 0.15) is 12.7 Å². The molecular weight excluding hydrogens is 326 g/mol. The molecule has 26 heavy (non-hydrogen) atoms. The SMILES string of the molecule is C[C@@H](NC(=O)[C@H]1Cc2ccccc2CN1)c1cccc(-n2cncn2)c1. The minimum Gasteiger partial charge on any atom is -0.348 e. The normalized spacial score (nSPS) is 17.3. The van der Waals surface area contributed by atoms with Crippen LogP contribution in [0.2, 0.25) is 0 Å².